The van der Waals surface area contributed by atoms with Gasteiger partial charge >= 0.3 is 5.97 Å². The molecule has 0 unspecified atom stereocenters. The number of carbonyl (C=O) groups excluding carboxylic acids is 1. The molecule has 3 rings (SSSR count). The van der Waals surface area contributed by atoms with E-state index in [1.807, 2.05) is 0 Å². The second-order valence-electron chi connectivity index (χ2n) is 5.36. The second kappa shape index (κ2) is 6.35. The molecule has 5 heteroatoms. The summed E-state index contributed by atoms with van der Waals surface area (Å²) in [6.07, 6.45) is 0. The van der Waals surface area contributed by atoms with Crippen molar-refractivity contribution >= 4 is 16.9 Å². The van der Waals surface area contributed by atoms with E-state index >= 15 is 0 Å². The van der Waals surface area contributed by atoms with Crippen molar-refractivity contribution in [2.45, 2.75) is 13.8 Å². The third-order valence-corrected chi connectivity index (χ3v) is 3.68. The molecular weight excluding hydrogens is 312 g/mol. The van der Waals surface area contributed by atoms with Gasteiger partial charge in [0.05, 0.1) is 23.3 Å². The lowest BCUT2D eigenvalue weighted by molar-refractivity contribution is 0.0526. The summed E-state index contributed by atoms with van der Waals surface area (Å²) in [5.41, 5.74) is 1.73. The number of esters is 1. The van der Waals surface area contributed by atoms with Gasteiger partial charge in [0.1, 0.15) is 11.6 Å². The van der Waals surface area contributed by atoms with Crippen molar-refractivity contribution in [3.63, 3.8) is 0 Å². The summed E-state index contributed by atoms with van der Waals surface area (Å²) >= 11 is 0. The number of hydrogen-bond donors (Lipinski definition) is 0. The first-order chi connectivity index (χ1) is 11.5. The van der Waals surface area contributed by atoms with Gasteiger partial charge in [0.15, 0.2) is 0 Å². The normalized spacial score (nSPS) is 10.8. The van der Waals surface area contributed by atoms with Crippen LogP contribution in [0.25, 0.3) is 22.0 Å². The number of aromatic nitrogens is 1. The van der Waals surface area contributed by atoms with E-state index in [1.165, 1.54) is 18.2 Å². The van der Waals surface area contributed by atoms with Crippen molar-refractivity contribution in [1.82, 2.24) is 4.98 Å². The molecule has 0 N–H and O–H groups in total. The maximum Gasteiger partial charge on any atom is 0.338 e. The van der Waals surface area contributed by atoms with Gasteiger partial charge < -0.3 is 4.74 Å². The SMILES string of the molecule is CCOC(=O)c1ccc2nc(C)cc(-c3c(F)cccc3F)c2c1. The lowest BCUT2D eigenvalue weighted by atomic mass is 9.98. The van der Waals surface area contributed by atoms with Crippen LogP contribution in [-0.4, -0.2) is 17.6 Å². The molecule has 2 aromatic carbocycles. The molecule has 1 aromatic heterocycles. The number of pyridine rings is 1. The van der Waals surface area contributed by atoms with Crippen LogP contribution in [0.15, 0.2) is 42.5 Å². The molecule has 0 aliphatic rings. The van der Waals surface area contributed by atoms with E-state index < -0.39 is 17.6 Å². The molecule has 0 bridgehead atoms. The number of rotatable bonds is 3. The van der Waals surface area contributed by atoms with Crippen LogP contribution in [0.4, 0.5) is 8.78 Å². The van der Waals surface area contributed by atoms with Gasteiger partial charge in [-0.25, -0.2) is 13.6 Å². The lowest BCUT2D eigenvalue weighted by Gasteiger charge is -2.11. The van der Waals surface area contributed by atoms with Crippen molar-refractivity contribution in [2.24, 2.45) is 0 Å². The first-order valence-corrected chi connectivity index (χ1v) is 7.54. The molecular formula is C19H15F2NO2. The highest BCUT2D eigenvalue weighted by molar-refractivity contribution is 6.00. The van der Waals surface area contributed by atoms with Gasteiger partial charge in [0.25, 0.3) is 0 Å². The monoisotopic (exact) mass is 327 g/mol. The average Bonchev–Trinajstić information content (AvgIpc) is 2.54. The highest BCUT2D eigenvalue weighted by Crippen LogP contribution is 2.33. The number of carbonyl (C=O) groups is 1. The topological polar surface area (TPSA) is 39.2 Å². The van der Waals surface area contributed by atoms with Gasteiger partial charge in [-0.1, -0.05) is 6.07 Å². The second-order valence-corrected chi connectivity index (χ2v) is 5.36. The van der Waals surface area contributed by atoms with Crippen LogP contribution in [-0.2, 0) is 4.74 Å². The predicted octanol–water partition coefficient (Wildman–Crippen LogP) is 4.67. The van der Waals surface area contributed by atoms with Crippen molar-refractivity contribution in [3.05, 3.63) is 65.4 Å². The number of benzene rings is 2. The van der Waals surface area contributed by atoms with E-state index in [0.717, 1.165) is 0 Å². The Kier molecular flexibility index (Phi) is 4.25. The first-order valence-electron chi connectivity index (χ1n) is 7.54. The van der Waals surface area contributed by atoms with Crippen molar-refractivity contribution < 1.29 is 18.3 Å². The van der Waals surface area contributed by atoms with E-state index in [4.69, 9.17) is 4.74 Å². The molecule has 0 aliphatic heterocycles. The highest BCUT2D eigenvalue weighted by atomic mass is 19.1. The van der Waals surface area contributed by atoms with Gasteiger partial charge in [-0.2, -0.15) is 0 Å². The average molecular weight is 327 g/mol. The maximum absolute atomic E-state index is 14.2. The third kappa shape index (κ3) is 2.85. The van der Waals surface area contributed by atoms with Crippen molar-refractivity contribution in [1.29, 1.82) is 0 Å². The Hall–Kier alpha value is -2.82. The van der Waals surface area contributed by atoms with Crippen LogP contribution < -0.4 is 0 Å². The Morgan fingerprint density at radius 2 is 1.83 bits per heavy atom. The molecule has 0 amide bonds. The summed E-state index contributed by atoms with van der Waals surface area (Å²) in [6, 6.07) is 10.1. The maximum atomic E-state index is 14.2. The lowest BCUT2D eigenvalue weighted by Crippen LogP contribution is -2.05. The number of halogens is 2. The van der Waals surface area contributed by atoms with Gasteiger partial charge in [0.2, 0.25) is 0 Å². The summed E-state index contributed by atoms with van der Waals surface area (Å²) in [6.45, 7) is 3.71. The van der Waals surface area contributed by atoms with E-state index in [1.54, 1.807) is 38.1 Å². The Labute approximate surface area is 137 Å². The summed E-state index contributed by atoms with van der Waals surface area (Å²) in [7, 11) is 0. The predicted molar refractivity (Wildman–Crippen MR) is 87.8 cm³/mol. The molecule has 24 heavy (non-hydrogen) atoms. The van der Waals surface area contributed by atoms with Crippen LogP contribution in [0.2, 0.25) is 0 Å². The van der Waals surface area contributed by atoms with Gasteiger partial charge in [-0.05, 0) is 55.8 Å². The smallest absolute Gasteiger partial charge is 0.338 e. The van der Waals surface area contributed by atoms with Crippen LogP contribution in [0.1, 0.15) is 23.0 Å². The summed E-state index contributed by atoms with van der Waals surface area (Å²) in [5.74, 6) is -1.81. The summed E-state index contributed by atoms with van der Waals surface area (Å²) < 4.78 is 33.4. The summed E-state index contributed by atoms with van der Waals surface area (Å²) in [4.78, 5) is 16.3. The fourth-order valence-electron chi connectivity index (χ4n) is 2.66. The minimum absolute atomic E-state index is 0.131. The molecule has 1 heterocycles. The largest absolute Gasteiger partial charge is 0.462 e. The quantitative estimate of drug-likeness (QED) is 0.657. The van der Waals surface area contributed by atoms with Crippen LogP contribution in [0.3, 0.4) is 0 Å². The minimum Gasteiger partial charge on any atom is -0.462 e. The van der Waals surface area contributed by atoms with Crippen LogP contribution >= 0.6 is 0 Å². The molecule has 3 nitrogen and oxygen atoms in total. The van der Waals surface area contributed by atoms with Gasteiger partial charge in [-0.3, -0.25) is 4.98 Å². The molecule has 0 atom stereocenters. The van der Waals surface area contributed by atoms with Crippen molar-refractivity contribution in [2.75, 3.05) is 6.61 Å². The number of ether oxygens (including phenoxy) is 1. The summed E-state index contributed by atoms with van der Waals surface area (Å²) in [5, 5.41) is 0.496. The Bertz CT molecular complexity index is 918. The minimum atomic E-state index is -0.663. The standard InChI is InChI=1S/C19H15F2NO2/c1-3-24-19(23)12-7-8-17-13(10-12)14(9-11(2)22-17)18-15(20)5-4-6-16(18)21/h4-10H,3H2,1-2H3. The zero-order valence-electron chi connectivity index (χ0n) is 13.3. The third-order valence-electron chi connectivity index (χ3n) is 3.68. The van der Waals surface area contributed by atoms with Crippen LogP contribution in [0, 0.1) is 18.6 Å². The Balaban J connectivity index is 2.30. The molecule has 0 radical (unpaired) electrons. The van der Waals surface area contributed by atoms with E-state index in [2.05, 4.69) is 4.98 Å². The molecule has 3 aromatic rings. The zero-order valence-corrected chi connectivity index (χ0v) is 13.3. The van der Waals surface area contributed by atoms with Crippen molar-refractivity contribution in [3.8, 4) is 11.1 Å². The molecule has 0 spiro atoms. The number of fused-ring (bicyclic) bond motifs is 1. The highest BCUT2D eigenvalue weighted by Gasteiger charge is 2.17. The molecule has 0 saturated carbocycles. The Morgan fingerprint density at radius 3 is 2.50 bits per heavy atom. The number of nitrogens with zero attached hydrogens (tertiary/aromatic N) is 1. The Morgan fingerprint density at radius 1 is 1.12 bits per heavy atom. The molecule has 122 valence electrons. The molecule has 0 saturated heterocycles. The van der Waals surface area contributed by atoms with Gasteiger partial charge in [0, 0.05) is 11.1 Å². The number of aryl methyl sites for hydroxylation is 1. The number of hydrogen-bond acceptors (Lipinski definition) is 3. The molecule has 0 fully saturated rings. The fraction of sp³-hybridized carbons (Fsp3) is 0.158. The van der Waals surface area contributed by atoms with Crippen LogP contribution in [0.5, 0.6) is 0 Å². The van der Waals surface area contributed by atoms with E-state index in [9.17, 15) is 13.6 Å². The zero-order chi connectivity index (χ0) is 17.3. The van der Waals surface area contributed by atoms with E-state index in [-0.39, 0.29) is 12.2 Å². The molecule has 0 aliphatic carbocycles. The van der Waals surface area contributed by atoms with Gasteiger partial charge in [-0.15, -0.1) is 0 Å². The fourth-order valence-corrected chi connectivity index (χ4v) is 2.66. The first kappa shape index (κ1) is 16.1. The van der Waals surface area contributed by atoms with E-state index in [0.29, 0.717) is 27.7 Å².